The van der Waals surface area contributed by atoms with E-state index in [1.165, 1.54) is 11.8 Å². The molecule has 1 aromatic heterocycles. The summed E-state index contributed by atoms with van der Waals surface area (Å²) in [5.74, 6) is 3.14. The quantitative estimate of drug-likeness (QED) is 0.566. The van der Waals surface area contributed by atoms with E-state index in [-0.39, 0.29) is 17.7 Å². The third-order valence-electron chi connectivity index (χ3n) is 5.39. The summed E-state index contributed by atoms with van der Waals surface area (Å²) in [6.07, 6.45) is 2.28. The van der Waals surface area contributed by atoms with Crippen LogP contribution in [0.4, 0.5) is 0 Å². The second kappa shape index (κ2) is 8.63. The molecule has 1 saturated carbocycles. The van der Waals surface area contributed by atoms with Crippen molar-refractivity contribution in [3.63, 3.8) is 0 Å². The van der Waals surface area contributed by atoms with Gasteiger partial charge in [-0.15, -0.1) is 10.2 Å². The molecule has 2 aromatic carbocycles. The fourth-order valence-electron chi connectivity index (χ4n) is 3.63. The van der Waals surface area contributed by atoms with Crippen molar-refractivity contribution in [3.8, 4) is 17.2 Å². The van der Waals surface area contributed by atoms with Crippen LogP contribution in [-0.2, 0) is 4.79 Å². The standard InChI is InChI=1S/C23H24N4O3S/c1-15(17-9-10-19-20(13-17)30-12-11-29-19)24-21(28)14-31-23-26-25-22(16-7-8-16)27(23)18-5-3-2-4-6-18/h2-6,9-10,13,15-16H,7-8,11-12,14H2,1H3,(H,24,28). The first-order valence-electron chi connectivity index (χ1n) is 10.5. The molecule has 160 valence electrons. The van der Waals surface area contributed by atoms with Gasteiger partial charge in [-0.25, -0.2) is 0 Å². The van der Waals surface area contributed by atoms with Gasteiger partial charge in [-0.05, 0) is 49.6 Å². The Morgan fingerprint density at radius 2 is 1.90 bits per heavy atom. The first-order valence-corrected chi connectivity index (χ1v) is 11.5. The number of amides is 1. The maximum Gasteiger partial charge on any atom is 0.230 e. The number of hydrogen-bond acceptors (Lipinski definition) is 6. The number of ether oxygens (including phenoxy) is 2. The molecule has 1 fully saturated rings. The van der Waals surface area contributed by atoms with Crippen molar-refractivity contribution in [3.05, 3.63) is 59.9 Å². The first kappa shape index (κ1) is 19.9. The van der Waals surface area contributed by atoms with Crippen molar-refractivity contribution in [1.82, 2.24) is 20.1 Å². The minimum Gasteiger partial charge on any atom is -0.486 e. The monoisotopic (exact) mass is 436 g/mol. The summed E-state index contributed by atoms with van der Waals surface area (Å²) in [5, 5.41) is 12.6. The van der Waals surface area contributed by atoms with E-state index in [0.29, 0.717) is 19.1 Å². The van der Waals surface area contributed by atoms with Crippen molar-refractivity contribution < 1.29 is 14.3 Å². The lowest BCUT2D eigenvalue weighted by Crippen LogP contribution is -2.28. The Bertz CT molecular complexity index is 1080. The molecule has 0 spiro atoms. The zero-order valence-corrected chi connectivity index (χ0v) is 18.1. The molecule has 7 nitrogen and oxygen atoms in total. The second-order valence-corrected chi connectivity index (χ2v) is 8.71. The normalized spacial score (nSPS) is 16.0. The Balaban J connectivity index is 1.25. The molecule has 2 heterocycles. The molecule has 1 N–H and O–H groups in total. The van der Waals surface area contributed by atoms with Gasteiger partial charge in [-0.3, -0.25) is 9.36 Å². The van der Waals surface area contributed by atoms with Gasteiger partial charge in [0.15, 0.2) is 16.7 Å². The van der Waals surface area contributed by atoms with Crippen molar-refractivity contribution in [2.45, 2.75) is 36.9 Å². The van der Waals surface area contributed by atoms with Crippen LogP contribution in [0, 0.1) is 0 Å². The molecule has 0 saturated heterocycles. The van der Waals surface area contributed by atoms with Crippen molar-refractivity contribution in [2.24, 2.45) is 0 Å². The largest absolute Gasteiger partial charge is 0.486 e. The predicted octanol–water partition coefficient (Wildman–Crippen LogP) is 3.89. The molecule has 31 heavy (non-hydrogen) atoms. The number of carbonyl (C=O) groups excluding carboxylic acids is 1. The number of thioether (sulfide) groups is 1. The highest BCUT2D eigenvalue weighted by atomic mass is 32.2. The van der Waals surface area contributed by atoms with E-state index in [9.17, 15) is 4.79 Å². The fraction of sp³-hybridized carbons (Fsp3) is 0.348. The summed E-state index contributed by atoms with van der Waals surface area (Å²) in [4.78, 5) is 12.6. The highest BCUT2D eigenvalue weighted by Crippen LogP contribution is 2.41. The minimum absolute atomic E-state index is 0.0528. The molecule has 1 aliphatic carbocycles. The van der Waals surface area contributed by atoms with Gasteiger partial charge in [0.05, 0.1) is 11.8 Å². The molecule has 0 radical (unpaired) electrons. The molecule has 1 amide bonds. The van der Waals surface area contributed by atoms with E-state index in [0.717, 1.165) is 46.6 Å². The van der Waals surface area contributed by atoms with Gasteiger partial charge in [-0.1, -0.05) is 36.0 Å². The molecule has 1 atom stereocenters. The highest BCUT2D eigenvalue weighted by Gasteiger charge is 2.31. The predicted molar refractivity (Wildman–Crippen MR) is 118 cm³/mol. The van der Waals surface area contributed by atoms with Crippen LogP contribution < -0.4 is 14.8 Å². The average molecular weight is 437 g/mol. The van der Waals surface area contributed by atoms with Gasteiger partial charge in [-0.2, -0.15) is 0 Å². The molecule has 1 unspecified atom stereocenters. The Labute approximate surface area is 185 Å². The van der Waals surface area contributed by atoms with Crippen LogP contribution in [0.5, 0.6) is 11.5 Å². The molecule has 8 heteroatoms. The first-order chi connectivity index (χ1) is 15.2. The highest BCUT2D eigenvalue weighted by molar-refractivity contribution is 7.99. The summed E-state index contributed by atoms with van der Waals surface area (Å²) in [7, 11) is 0. The third-order valence-corrected chi connectivity index (χ3v) is 6.32. The number of nitrogens with one attached hydrogen (secondary N) is 1. The van der Waals surface area contributed by atoms with Gasteiger partial charge in [0.2, 0.25) is 5.91 Å². The Kier molecular flexibility index (Phi) is 5.55. The van der Waals surface area contributed by atoms with E-state index < -0.39 is 0 Å². The van der Waals surface area contributed by atoms with Crippen LogP contribution in [0.2, 0.25) is 0 Å². The van der Waals surface area contributed by atoms with Gasteiger partial charge in [0.25, 0.3) is 0 Å². The number of aromatic nitrogens is 3. The summed E-state index contributed by atoms with van der Waals surface area (Å²) >= 11 is 1.41. The van der Waals surface area contributed by atoms with Crippen LogP contribution in [0.15, 0.2) is 53.7 Å². The molecule has 3 aromatic rings. The third kappa shape index (κ3) is 4.39. The van der Waals surface area contributed by atoms with Crippen molar-refractivity contribution >= 4 is 17.7 Å². The lowest BCUT2D eigenvalue weighted by atomic mass is 10.1. The number of fused-ring (bicyclic) bond motifs is 1. The van der Waals surface area contributed by atoms with Crippen molar-refractivity contribution in [1.29, 1.82) is 0 Å². The lowest BCUT2D eigenvalue weighted by Gasteiger charge is -2.21. The van der Waals surface area contributed by atoms with E-state index in [4.69, 9.17) is 9.47 Å². The van der Waals surface area contributed by atoms with E-state index >= 15 is 0 Å². The number of hydrogen-bond donors (Lipinski definition) is 1. The van der Waals surface area contributed by atoms with Crippen LogP contribution >= 0.6 is 11.8 Å². The van der Waals surface area contributed by atoms with Gasteiger partial charge in [0.1, 0.15) is 19.0 Å². The maximum atomic E-state index is 12.6. The number of rotatable bonds is 7. The zero-order chi connectivity index (χ0) is 21.2. The van der Waals surface area contributed by atoms with Gasteiger partial charge >= 0.3 is 0 Å². The Hall–Kier alpha value is -3.00. The van der Waals surface area contributed by atoms with Crippen LogP contribution in [0.1, 0.15) is 43.1 Å². The van der Waals surface area contributed by atoms with Gasteiger partial charge < -0.3 is 14.8 Å². The molecular formula is C23H24N4O3S. The Morgan fingerprint density at radius 3 is 2.68 bits per heavy atom. The summed E-state index contributed by atoms with van der Waals surface area (Å²) in [5.41, 5.74) is 2.01. The maximum absolute atomic E-state index is 12.6. The van der Waals surface area contributed by atoms with Crippen LogP contribution in [-0.4, -0.2) is 39.6 Å². The number of benzene rings is 2. The number of para-hydroxylation sites is 1. The molecule has 0 bridgehead atoms. The van der Waals surface area contributed by atoms with Crippen molar-refractivity contribution in [2.75, 3.05) is 19.0 Å². The molecule has 5 rings (SSSR count). The topological polar surface area (TPSA) is 78.3 Å². The lowest BCUT2D eigenvalue weighted by molar-refractivity contribution is -0.119. The van der Waals surface area contributed by atoms with E-state index in [1.807, 2.05) is 55.5 Å². The van der Waals surface area contributed by atoms with Gasteiger partial charge in [0, 0.05) is 11.6 Å². The summed E-state index contributed by atoms with van der Waals surface area (Å²) in [6, 6.07) is 15.7. The fourth-order valence-corrected chi connectivity index (χ4v) is 4.40. The number of nitrogens with zero attached hydrogens (tertiary/aromatic N) is 3. The SMILES string of the molecule is CC(NC(=O)CSc1nnc(C2CC2)n1-c1ccccc1)c1ccc2c(c1)OCCO2. The summed E-state index contributed by atoms with van der Waals surface area (Å²) in [6.45, 7) is 3.07. The van der Waals surface area contributed by atoms with Crippen LogP contribution in [0.3, 0.4) is 0 Å². The second-order valence-electron chi connectivity index (χ2n) is 7.77. The van der Waals surface area contributed by atoms with E-state index in [2.05, 4.69) is 20.1 Å². The zero-order valence-electron chi connectivity index (χ0n) is 17.3. The van der Waals surface area contributed by atoms with Crippen LogP contribution in [0.25, 0.3) is 5.69 Å². The molecule has 1 aliphatic heterocycles. The smallest absolute Gasteiger partial charge is 0.230 e. The van der Waals surface area contributed by atoms with E-state index in [1.54, 1.807) is 0 Å². The minimum atomic E-state index is -0.141. The number of carbonyl (C=O) groups is 1. The summed E-state index contributed by atoms with van der Waals surface area (Å²) < 4.78 is 13.3. The Morgan fingerprint density at radius 1 is 1.13 bits per heavy atom. The average Bonchev–Trinajstić information content (AvgIpc) is 3.57. The molecular weight excluding hydrogens is 412 g/mol. The molecule has 2 aliphatic rings.